The third kappa shape index (κ3) is 2.78. The topological polar surface area (TPSA) is 70.5 Å². The molecule has 6 heteroatoms. The number of amides is 1. The van der Waals surface area contributed by atoms with Crippen LogP contribution in [0.4, 0.5) is 0 Å². The summed E-state index contributed by atoms with van der Waals surface area (Å²) in [6, 6.07) is 0.167. The Labute approximate surface area is 116 Å². The second kappa shape index (κ2) is 5.28. The molecule has 0 spiro atoms. The Morgan fingerprint density at radius 1 is 1.42 bits per heavy atom. The first-order chi connectivity index (χ1) is 8.90. The van der Waals surface area contributed by atoms with E-state index in [0.29, 0.717) is 18.4 Å². The van der Waals surface area contributed by atoms with Crippen LogP contribution in [0.2, 0.25) is 0 Å². The van der Waals surface area contributed by atoms with Crippen molar-refractivity contribution in [2.24, 2.45) is 11.8 Å². The molecule has 1 aliphatic rings. The molecule has 3 unspecified atom stereocenters. The van der Waals surface area contributed by atoms with Gasteiger partial charge in [0.15, 0.2) is 10.7 Å². The van der Waals surface area contributed by atoms with E-state index in [4.69, 9.17) is 5.11 Å². The van der Waals surface area contributed by atoms with E-state index in [1.54, 1.807) is 0 Å². The molecule has 1 aromatic rings. The van der Waals surface area contributed by atoms with Crippen molar-refractivity contribution in [2.45, 2.75) is 33.2 Å². The lowest BCUT2D eigenvalue weighted by molar-refractivity contribution is 0.0455. The first-order valence-electron chi connectivity index (χ1n) is 6.40. The Bertz CT molecular complexity index is 500. The van der Waals surface area contributed by atoms with Crippen LogP contribution in [0.15, 0.2) is 5.38 Å². The zero-order valence-corrected chi connectivity index (χ0v) is 12.1. The summed E-state index contributed by atoms with van der Waals surface area (Å²) in [7, 11) is 0. The third-order valence-corrected chi connectivity index (χ3v) is 4.60. The number of hydrogen-bond acceptors (Lipinski definition) is 4. The van der Waals surface area contributed by atoms with Crippen molar-refractivity contribution in [1.82, 2.24) is 9.88 Å². The van der Waals surface area contributed by atoms with E-state index in [2.05, 4.69) is 18.8 Å². The van der Waals surface area contributed by atoms with Gasteiger partial charge in [-0.3, -0.25) is 4.79 Å². The number of carboxylic acids is 1. The number of likely N-dealkylation sites (tertiary alicyclic amines) is 1. The smallest absolute Gasteiger partial charge is 0.355 e. The van der Waals surface area contributed by atoms with Gasteiger partial charge in [-0.2, -0.15) is 0 Å². The third-order valence-electron chi connectivity index (χ3n) is 3.76. The lowest BCUT2D eigenvalue weighted by Crippen LogP contribution is -2.48. The fourth-order valence-corrected chi connectivity index (χ4v) is 3.32. The molecule has 0 bridgehead atoms. The molecule has 19 heavy (non-hydrogen) atoms. The molecule has 1 amide bonds. The minimum Gasteiger partial charge on any atom is -0.476 e. The molecule has 1 N–H and O–H groups in total. The molecule has 104 valence electrons. The van der Waals surface area contributed by atoms with E-state index in [1.807, 2.05) is 11.8 Å². The van der Waals surface area contributed by atoms with Crippen molar-refractivity contribution in [1.29, 1.82) is 0 Å². The van der Waals surface area contributed by atoms with Crippen LogP contribution < -0.4 is 0 Å². The van der Waals surface area contributed by atoms with E-state index in [1.165, 1.54) is 5.38 Å². The maximum Gasteiger partial charge on any atom is 0.355 e. The van der Waals surface area contributed by atoms with Gasteiger partial charge in [0.1, 0.15) is 0 Å². The fraction of sp³-hybridized carbons (Fsp3) is 0.615. The summed E-state index contributed by atoms with van der Waals surface area (Å²) in [5.41, 5.74) is -0.0564. The fourth-order valence-electron chi connectivity index (χ4n) is 2.58. The monoisotopic (exact) mass is 282 g/mol. The highest BCUT2D eigenvalue weighted by atomic mass is 32.1. The summed E-state index contributed by atoms with van der Waals surface area (Å²) in [5.74, 6) is -0.326. The molecule has 2 heterocycles. The Balaban J connectivity index is 2.19. The number of rotatable bonds is 2. The molecule has 1 saturated heterocycles. The number of thiazole rings is 1. The van der Waals surface area contributed by atoms with Crippen LogP contribution >= 0.6 is 11.3 Å². The normalized spacial score (nSPS) is 27.3. The molecule has 1 aromatic heterocycles. The van der Waals surface area contributed by atoms with Crippen molar-refractivity contribution in [3.05, 3.63) is 16.1 Å². The predicted octanol–water partition coefficient (Wildman–Crippen LogP) is 2.35. The average Bonchev–Trinajstić information content (AvgIpc) is 2.82. The minimum absolute atomic E-state index is 0.0564. The standard InChI is InChI=1S/C13H18N2O3S/c1-7-4-8(2)9(3)15(5-7)12(16)11-14-10(6-19-11)13(17)18/h6-9H,4-5H2,1-3H3,(H,17,18). The van der Waals surface area contributed by atoms with Crippen LogP contribution in [0.25, 0.3) is 0 Å². The maximum atomic E-state index is 12.4. The zero-order chi connectivity index (χ0) is 14.2. The van der Waals surface area contributed by atoms with Gasteiger partial charge in [-0.15, -0.1) is 11.3 Å². The van der Waals surface area contributed by atoms with Crippen molar-refractivity contribution < 1.29 is 14.7 Å². The molecule has 3 atom stereocenters. The highest BCUT2D eigenvalue weighted by Gasteiger charge is 2.33. The van der Waals surface area contributed by atoms with E-state index >= 15 is 0 Å². The first-order valence-corrected chi connectivity index (χ1v) is 7.28. The molecule has 1 fully saturated rings. The summed E-state index contributed by atoms with van der Waals surface area (Å²) < 4.78 is 0. The molecule has 0 radical (unpaired) electrons. The van der Waals surface area contributed by atoms with Gasteiger partial charge in [0, 0.05) is 18.0 Å². The second-order valence-electron chi connectivity index (χ2n) is 5.36. The van der Waals surface area contributed by atoms with Gasteiger partial charge in [0.25, 0.3) is 5.91 Å². The number of hydrogen-bond donors (Lipinski definition) is 1. The van der Waals surface area contributed by atoms with Crippen LogP contribution in [0.3, 0.4) is 0 Å². The minimum atomic E-state index is -1.09. The molecule has 0 saturated carbocycles. The van der Waals surface area contributed by atoms with Gasteiger partial charge in [0.05, 0.1) is 0 Å². The van der Waals surface area contributed by atoms with Gasteiger partial charge >= 0.3 is 5.97 Å². The quantitative estimate of drug-likeness (QED) is 0.904. The first kappa shape index (κ1) is 14.0. The molecule has 1 aliphatic heterocycles. The zero-order valence-electron chi connectivity index (χ0n) is 11.3. The van der Waals surface area contributed by atoms with E-state index < -0.39 is 5.97 Å². The van der Waals surface area contributed by atoms with Crippen LogP contribution in [0, 0.1) is 11.8 Å². The van der Waals surface area contributed by atoms with Crippen LogP contribution in [0.5, 0.6) is 0 Å². The summed E-state index contributed by atoms with van der Waals surface area (Å²) >= 11 is 1.10. The number of carbonyl (C=O) groups is 2. The SMILES string of the molecule is CC1CC(C)C(C)N(C(=O)c2nc(C(=O)O)cs2)C1. The summed E-state index contributed by atoms with van der Waals surface area (Å²) in [5, 5.41) is 10.5. The second-order valence-corrected chi connectivity index (χ2v) is 6.22. The summed E-state index contributed by atoms with van der Waals surface area (Å²) in [6.07, 6.45) is 1.11. The van der Waals surface area contributed by atoms with Crippen LogP contribution in [0.1, 0.15) is 47.5 Å². The Hall–Kier alpha value is -1.43. The molecule has 0 aliphatic carbocycles. The lowest BCUT2D eigenvalue weighted by Gasteiger charge is -2.40. The number of carbonyl (C=O) groups excluding carboxylic acids is 1. The molecule has 0 aromatic carbocycles. The largest absolute Gasteiger partial charge is 0.476 e. The number of nitrogens with zero attached hydrogens (tertiary/aromatic N) is 2. The number of aromatic carboxylic acids is 1. The number of piperidine rings is 1. The highest BCUT2D eigenvalue weighted by molar-refractivity contribution is 7.11. The van der Waals surface area contributed by atoms with Crippen molar-refractivity contribution >= 4 is 23.2 Å². The molecular weight excluding hydrogens is 264 g/mol. The molecule has 2 rings (SSSR count). The van der Waals surface area contributed by atoms with Gasteiger partial charge in [-0.25, -0.2) is 9.78 Å². The average molecular weight is 282 g/mol. The van der Waals surface area contributed by atoms with Crippen molar-refractivity contribution in [2.75, 3.05) is 6.54 Å². The van der Waals surface area contributed by atoms with Crippen LogP contribution in [-0.4, -0.2) is 39.5 Å². The predicted molar refractivity (Wildman–Crippen MR) is 72.5 cm³/mol. The lowest BCUT2D eigenvalue weighted by atomic mass is 9.86. The summed E-state index contributed by atoms with van der Waals surface area (Å²) in [6.45, 7) is 7.03. The van der Waals surface area contributed by atoms with Gasteiger partial charge in [-0.05, 0) is 25.2 Å². The molecule has 5 nitrogen and oxygen atoms in total. The van der Waals surface area contributed by atoms with Gasteiger partial charge < -0.3 is 10.0 Å². The van der Waals surface area contributed by atoms with Crippen LogP contribution in [-0.2, 0) is 0 Å². The van der Waals surface area contributed by atoms with E-state index in [-0.39, 0.29) is 22.7 Å². The van der Waals surface area contributed by atoms with Gasteiger partial charge in [0.2, 0.25) is 0 Å². The maximum absolute atomic E-state index is 12.4. The Kier molecular flexibility index (Phi) is 3.89. The molecular formula is C13H18N2O3S. The van der Waals surface area contributed by atoms with Gasteiger partial charge in [-0.1, -0.05) is 13.8 Å². The number of carboxylic acid groups (broad SMARTS) is 1. The Morgan fingerprint density at radius 2 is 2.11 bits per heavy atom. The van der Waals surface area contributed by atoms with Crippen molar-refractivity contribution in [3.8, 4) is 0 Å². The number of aromatic nitrogens is 1. The Morgan fingerprint density at radius 3 is 2.68 bits per heavy atom. The highest BCUT2D eigenvalue weighted by Crippen LogP contribution is 2.28. The van der Waals surface area contributed by atoms with E-state index in [9.17, 15) is 9.59 Å². The van der Waals surface area contributed by atoms with Crippen molar-refractivity contribution in [3.63, 3.8) is 0 Å². The summed E-state index contributed by atoms with van der Waals surface area (Å²) in [4.78, 5) is 28.9. The van der Waals surface area contributed by atoms with E-state index in [0.717, 1.165) is 17.8 Å².